The van der Waals surface area contributed by atoms with Crippen LogP contribution in [0.4, 0.5) is 14.6 Å². The van der Waals surface area contributed by atoms with Crippen molar-refractivity contribution in [1.82, 2.24) is 20.4 Å². The van der Waals surface area contributed by atoms with Gasteiger partial charge in [0.05, 0.1) is 11.3 Å². The maximum atomic E-state index is 13.4. The molecule has 0 saturated heterocycles. The third-order valence-electron chi connectivity index (χ3n) is 2.88. The molecule has 106 valence electrons. The second-order valence-corrected chi connectivity index (χ2v) is 4.32. The third kappa shape index (κ3) is 2.38. The third-order valence-corrected chi connectivity index (χ3v) is 2.88. The van der Waals surface area contributed by atoms with E-state index in [-0.39, 0.29) is 16.9 Å². The summed E-state index contributed by atoms with van der Waals surface area (Å²) >= 11 is 0. The first-order chi connectivity index (χ1) is 10.0. The van der Waals surface area contributed by atoms with Gasteiger partial charge in [-0.1, -0.05) is 0 Å². The number of nitrogens with one attached hydrogen (secondary N) is 2. The highest BCUT2D eigenvalue weighted by molar-refractivity contribution is 5.86. The summed E-state index contributed by atoms with van der Waals surface area (Å²) in [4.78, 5) is 11.0. The van der Waals surface area contributed by atoms with Crippen molar-refractivity contribution in [2.45, 2.75) is 0 Å². The fraction of sp³-hybridized carbons (Fsp3) is 0. The molecule has 8 heteroatoms. The van der Waals surface area contributed by atoms with E-state index in [0.29, 0.717) is 17.0 Å². The van der Waals surface area contributed by atoms with E-state index in [4.69, 9.17) is 5.73 Å². The molecule has 1 aromatic carbocycles. The lowest BCUT2D eigenvalue weighted by molar-refractivity contribution is 0.584. The van der Waals surface area contributed by atoms with Crippen LogP contribution < -0.4 is 11.3 Å². The van der Waals surface area contributed by atoms with E-state index in [1.54, 1.807) is 0 Å². The van der Waals surface area contributed by atoms with Crippen LogP contribution in [0, 0.1) is 11.6 Å². The van der Waals surface area contributed by atoms with Crippen LogP contribution in [0.5, 0.6) is 0 Å². The standard InChI is InChI=1S/C13H9F2N5O/c14-7-3-6(4-8(15)5-7)11-12(19-20-13(11)16)9-1-2-10(21)18-17-9/h1-5H,(H,18,21)(H3,16,19,20). The highest BCUT2D eigenvalue weighted by Gasteiger charge is 2.17. The van der Waals surface area contributed by atoms with E-state index in [0.717, 1.165) is 18.2 Å². The van der Waals surface area contributed by atoms with Crippen molar-refractivity contribution < 1.29 is 8.78 Å². The topological polar surface area (TPSA) is 100 Å². The quantitative estimate of drug-likeness (QED) is 0.668. The molecule has 0 aliphatic rings. The second-order valence-electron chi connectivity index (χ2n) is 4.32. The summed E-state index contributed by atoms with van der Waals surface area (Å²) < 4.78 is 26.7. The van der Waals surface area contributed by atoms with E-state index >= 15 is 0 Å². The molecule has 0 fully saturated rings. The normalized spacial score (nSPS) is 10.8. The number of hydrogen-bond acceptors (Lipinski definition) is 4. The lowest BCUT2D eigenvalue weighted by Crippen LogP contribution is -2.06. The van der Waals surface area contributed by atoms with Crippen LogP contribution in [0.3, 0.4) is 0 Å². The Morgan fingerprint density at radius 1 is 1.00 bits per heavy atom. The Labute approximate surface area is 116 Å². The number of benzene rings is 1. The Balaban J connectivity index is 2.21. The predicted octanol–water partition coefficient (Wildman–Crippen LogP) is 1.69. The van der Waals surface area contributed by atoms with Gasteiger partial charge in [0.2, 0.25) is 0 Å². The summed E-state index contributed by atoms with van der Waals surface area (Å²) in [5.41, 5.74) is 6.62. The number of hydrogen-bond donors (Lipinski definition) is 3. The molecule has 0 bridgehead atoms. The Morgan fingerprint density at radius 3 is 2.33 bits per heavy atom. The number of rotatable bonds is 2. The second kappa shape index (κ2) is 4.82. The van der Waals surface area contributed by atoms with Gasteiger partial charge in [-0.05, 0) is 23.8 Å². The molecular formula is C13H9F2N5O. The zero-order chi connectivity index (χ0) is 15.0. The van der Waals surface area contributed by atoms with Crippen molar-refractivity contribution in [1.29, 1.82) is 0 Å². The molecule has 3 rings (SSSR count). The molecule has 2 heterocycles. The molecule has 0 aliphatic carbocycles. The minimum Gasteiger partial charge on any atom is -0.382 e. The van der Waals surface area contributed by atoms with Gasteiger partial charge < -0.3 is 5.73 Å². The first-order valence-corrected chi connectivity index (χ1v) is 5.91. The Bertz CT molecular complexity index is 830. The molecule has 0 aliphatic heterocycles. The Hall–Kier alpha value is -3.03. The van der Waals surface area contributed by atoms with E-state index in [1.807, 2.05) is 0 Å². The van der Waals surface area contributed by atoms with Crippen LogP contribution in [0.15, 0.2) is 35.1 Å². The molecule has 0 radical (unpaired) electrons. The Kier molecular flexibility index (Phi) is 2.98. The minimum absolute atomic E-state index is 0.0722. The maximum Gasteiger partial charge on any atom is 0.264 e. The van der Waals surface area contributed by atoms with E-state index in [9.17, 15) is 13.6 Å². The smallest absolute Gasteiger partial charge is 0.264 e. The lowest BCUT2D eigenvalue weighted by Gasteiger charge is -2.04. The zero-order valence-electron chi connectivity index (χ0n) is 10.5. The van der Waals surface area contributed by atoms with Gasteiger partial charge in [0.1, 0.15) is 17.3 Å². The van der Waals surface area contributed by atoms with Gasteiger partial charge in [-0.25, -0.2) is 13.9 Å². The molecule has 0 unspecified atom stereocenters. The molecule has 2 aromatic heterocycles. The summed E-state index contributed by atoms with van der Waals surface area (Å²) in [6, 6.07) is 5.76. The lowest BCUT2D eigenvalue weighted by atomic mass is 10.0. The fourth-order valence-electron chi connectivity index (χ4n) is 2.02. The van der Waals surface area contributed by atoms with Gasteiger partial charge in [-0.15, -0.1) is 0 Å². The summed E-state index contributed by atoms with van der Waals surface area (Å²) in [7, 11) is 0. The van der Waals surface area contributed by atoms with Crippen molar-refractivity contribution in [2.24, 2.45) is 0 Å². The number of aromatic nitrogens is 4. The SMILES string of the molecule is Nc1n[nH]c(-c2ccc(=O)[nH]n2)c1-c1cc(F)cc(F)c1. The average molecular weight is 289 g/mol. The molecular weight excluding hydrogens is 280 g/mol. The van der Waals surface area contributed by atoms with Crippen LogP contribution in [-0.2, 0) is 0 Å². The highest BCUT2D eigenvalue weighted by atomic mass is 19.1. The number of anilines is 1. The van der Waals surface area contributed by atoms with Crippen molar-refractivity contribution in [2.75, 3.05) is 5.73 Å². The predicted molar refractivity (Wildman–Crippen MR) is 72.2 cm³/mol. The summed E-state index contributed by atoms with van der Waals surface area (Å²) in [5.74, 6) is -1.39. The van der Waals surface area contributed by atoms with Gasteiger partial charge in [-0.3, -0.25) is 9.89 Å². The van der Waals surface area contributed by atoms with E-state index in [1.165, 1.54) is 12.1 Å². The minimum atomic E-state index is -0.731. The number of halogens is 2. The highest BCUT2D eigenvalue weighted by Crippen LogP contribution is 2.34. The molecule has 4 N–H and O–H groups in total. The average Bonchev–Trinajstić information content (AvgIpc) is 2.80. The number of nitrogen functional groups attached to an aromatic ring is 1. The van der Waals surface area contributed by atoms with Crippen molar-refractivity contribution >= 4 is 5.82 Å². The summed E-state index contributed by atoms with van der Waals surface area (Å²) in [5, 5.41) is 12.6. The van der Waals surface area contributed by atoms with Crippen LogP contribution in [0.25, 0.3) is 22.5 Å². The van der Waals surface area contributed by atoms with Gasteiger partial charge in [0.25, 0.3) is 5.56 Å². The van der Waals surface area contributed by atoms with Crippen molar-refractivity contribution in [3.8, 4) is 22.5 Å². The molecule has 0 saturated carbocycles. The number of aromatic amines is 2. The van der Waals surface area contributed by atoms with Crippen molar-refractivity contribution in [3.05, 3.63) is 52.3 Å². The molecule has 0 amide bonds. The maximum absolute atomic E-state index is 13.4. The first-order valence-electron chi connectivity index (χ1n) is 5.91. The van der Waals surface area contributed by atoms with Gasteiger partial charge in [0.15, 0.2) is 5.82 Å². The fourth-order valence-corrected chi connectivity index (χ4v) is 2.02. The van der Waals surface area contributed by atoms with Gasteiger partial charge >= 0.3 is 0 Å². The van der Waals surface area contributed by atoms with E-state index < -0.39 is 11.6 Å². The van der Waals surface area contributed by atoms with Gasteiger partial charge in [-0.2, -0.15) is 10.2 Å². The number of nitrogens with zero attached hydrogens (tertiary/aromatic N) is 2. The van der Waals surface area contributed by atoms with Crippen LogP contribution in [-0.4, -0.2) is 20.4 Å². The number of H-pyrrole nitrogens is 2. The van der Waals surface area contributed by atoms with E-state index in [2.05, 4.69) is 20.4 Å². The zero-order valence-corrected chi connectivity index (χ0v) is 10.5. The van der Waals surface area contributed by atoms with Crippen LogP contribution in [0.2, 0.25) is 0 Å². The van der Waals surface area contributed by atoms with Crippen molar-refractivity contribution in [3.63, 3.8) is 0 Å². The largest absolute Gasteiger partial charge is 0.382 e. The van der Waals surface area contributed by atoms with Gasteiger partial charge in [0, 0.05) is 12.1 Å². The molecule has 21 heavy (non-hydrogen) atoms. The summed E-state index contributed by atoms with van der Waals surface area (Å²) in [6.07, 6.45) is 0. The molecule has 0 spiro atoms. The molecule has 0 atom stereocenters. The van der Waals surface area contributed by atoms with Crippen LogP contribution >= 0.6 is 0 Å². The monoisotopic (exact) mass is 289 g/mol. The van der Waals surface area contributed by atoms with Crippen LogP contribution in [0.1, 0.15) is 0 Å². The molecule has 3 aromatic rings. The summed E-state index contributed by atoms with van der Waals surface area (Å²) in [6.45, 7) is 0. The Morgan fingerprint density at radius 2 is 1.71 bits per heavy atom. The number of nitrogens with two attached hydrogens (primary N) is 1. The molecule has 6 nitrogen and oxygen atoms in total. The first kappa shape index (κ1) is 13.0.